The Morgan fingerprint density at radius 2 is 1.72 bits per heavy atom. The van der Waals surface area contributed by atoms with Crippen LogP contribution in [0.3, 0.4) is 0 Å². The number of fused-ring (bicyclic) bond motifs is 3. The van der Waals surface area contributed by atoms with E-state index in [2.05, 4.69) is 34.1 Å². The van der Waals surface area contributed by atoms with Crippen molar-refractivity contribution < 1.29 is 14.3 Å². The van der Waals surface area contributed by atoms with Crippen molar-refractivity contribution in [1.82, 2.24) is 9.88 Å². The van der Waals surface area contributed by atoms with E-state index in [1.54, 1.807) is 0 Å². The first kappa shape index (κ1) is 22.4. The van der Waals surface area contributed by atoms with Crippen LogP contribution in [0, 0.1) is 11.3 Å². The number of ether oxygens (including phenoxy) is 1. The number of hydrogen-bond donors (Lipinski definition) is 1. The molecule has 1 saturated carbocycles. The summed E-state index contributed by atoms with van der Waals surface area (Å²) in [7, 11) is 1.35. The fourth-order valence-corrected chi connectivity index (χ4v) is 4.98. The van der Waals surface area contributed by atoms with Crippen molar-refractivity contribution in [2.75, 3.05) is 7.11 Å². The van der Waals surface area contributed by atoms with Crippen LogP contribution in [0.15, 0.2) is 42.5 Å². The molecule has 170 valence electrons. The SMILES string of the molecule is COC(=O)C(NC(=O)c1ccc2c(c1)c1ccccc1n2CC1CCCCC1)C(C)(C)C. The van der Waals surface area contributed by atoms with Crippen LogP contribution in [0.5, 0.6) is 0 Å². The van der Waals surface area contributed by atoms with Gasteiger partial charge in [-0.1, -0.05) is 58.2 Å². The second kappa shape index (κ2) is 8.97. The summed E-state index contributed by atoms with van der Waals surface area (Å²) in [5.41, 5.74) is 2.47. The summed E-state index contributed by atoms with van der Waals surface area (Å²) in [5.74, 6) is 0.00989. The van der Waals surface area contributed by atoms with Crippen LogP contribution < -0.4 is 5.32 Å². The molecule has 1 aromatic heterocycles. The van der Waals surface area contributed by atoms with Gasteiger partial charge in [0.2, 0.25) is 0 Å². The molecule has 1 N–H and O–H groups in total. The molecule has 1 unspecified atom stereocenters. The van der Waals surface area contributed by atoms with E-state index in [0.717, 1.165) is 22.8 Å². The number of carbonyl (C=O) groups is 2. The highest BCUT2D eigenvalue weighted by atomic mass is 16.5. The topological polar surface area (TPSA) is 60.3 Å². The predicted octanol–water partition coefficient (Wildman–Crippen LogP) is 5.69. The first-order valence-electron chi connectivity index (χ1n) is 11.7. The highest BCUT2D eigenvalue weighted by Crippen LogP contribution is 2.33. The van der Waals surface area contributed by atoms with Gasteiger partial charge >= 0.3 is 5.97 Å². The molecule has 4 rings (SSSR count). The zero-order valence-electron chi connectivity index (χ0n) is 19.6. The van der Waals surface area contributed by atoms with Crippen molar-refractivity contribution in [2.24, 2.45) is 11.3 Å². The molecule has 1 amide bonds. The van der Waals surface area contributed by atoms with Gasteiger partial charge in [-0.2, -0.15) is 0 Å². The third-order valence-corrected chi connectivity index (χ3v) is 6.78. The summed E-state index contributed by atoms with van der Waals surface area (Å²) in [6.07, 6.45) is 6.57. The van der Waals surface area contributed by atoms with E-state index >= 15 is 0 Å². The number of nitrogens with one attached hydrogen (secondary N) is 1. The molecular weight excluding hydrogens is 400 g/mol. The highest BCUT2D eigenvalue weighted by Gasteiger charge is 2.34. The minimum atomic E-state index is -0.719. The number of benzene rings is 2. The molecule has 1 heterocycles. The summed E-state index contributed by atoms with van der Waals surface area (Å²) in [5, 5.41) is 5.13. The fraction of sp³-hybridized carbons (Fsp3) is 0.481. The Kier molecular flexibility index (Phi) is 6.27. The van der Waals surface area contributed by atoms with Crippen LogP contribution >= 0.6 is 0 Å². The minimum absolute atomic E-state index is 0.263. The zero-order valence-corrected chi connectivity index (χ0v) is 19.6. The van der Waals surface area contributed by atoms with Crippen molar-refractivity contribution in [3.8, 4) is 0 Å². The predicted molar refractivity (Wildman–Crippen MR) is 129 cm³/mol. The lowest BCUT2D eigenvalue weighted by molar-refractivity contribution is -0.145. The molecule has 1 fully saturated rings. The molecule has 0 aliphatic heterocycles. The Bertz CT molecular complexity index is 1130. The normalized spacial score (nSPS) is 16.2. The molecule has 1 aliphatic rings. The van der Waals surface area contributed by atoms with Crippen LogP contribution in [-0.2, 0) is 16.1 Å². The molecule has 0 saturated heterocycles. The van der Waals surface area contributed by atoms with Crippen LogP contribution in [0.2, 0.25) is 0 Å². The maximum atomic E-state index is 13.1. The van der Waals surface area contributed by atoms with E-state index in [0.29, 0.717) is 11.5 Å². The average molecular weight is 435 g/mol. The Morgan fingerprint density at radius 3 is 2.41 bits per heavy atom. The molecule has 0 radical (unpaired) electrons. The van der Waals surface area contributed by atoms with Gasteiger partial charge in [-0.05, 0) is 48.4 Å². The molecule has 0 spiro atoms. The second-order valence-corrected chi connectivity index (χ2v) is 10.2. The highest BCUT2D eigenvalue weighted by molar-refractivity contribution is 6.11. The quantitative estimate of drug-likeness (QED) is 0.525. The smallest absolute Gasteiger partial charge is 0.328 e. The van der Waals surface area contributed by atoms with Gasteiger partial charge in [0.15, 0.2) is 0 Å². The first-order valence-corrected chi connectivity index (χ1v) is 11.7. The second-order valence-electron chi connectivity index (χ2n) is 10.2. The van der Waals surface area contributed by atoms with Gasteiger partial charge in [0.1, 0.15) is 6.04 Å². The molecular formula is C27H34N2O3. The molecule has 3 aromatic rings. The monoisotopic (exact) mass is 434 g/mol. The number of rotatable bonds is 5. The lowest BCUT2D eigenvalue weighted by Crippen LogP contribution is -2.49. The molecule has 1 atom stereocenters. The van der Waals surface area contributed by atoms with Crippen molar-refractivity contribution in [1.29, 1.82) is 0 Å². The third-order valence-electron chi connectivity index (χ3n) is 6.78. The van der Waals surface area contributed by atoms with E-state index < -0.39 is 17.4 Å². The minimum Gasteiger partial charge on any atom is -0.467 e. The lowest BCUT2D eigenvalue weighted by Gasteiger charge is -2.29. The summed E-state index contributed by atoms with van der Waals surface area (Å²) in [6, 6.07) is 13.6. The van der Waals surface area contributed by atoms with E-state index in [1.807, 2.05) is 39.0 Å². The van der Waals surface area contributed by atoms with E-state index in [1.165, 1.54) is 44.7 Å². The lowest BCUT2D eigenvalue weighted by atomic mass is 9.86. The van der Waals surface area contributed by atoms with Crippen LogP contribution in [0.25, 0.3) is 21.8 Å². The summed E-state index contributed by atoms with van der Waals surface area (Å²) < 4.78 is 7.35. The van der Waals surface area contributed by atoms with Gasteiger partial charge in [-0.15, -0.1) is 0 Å². The van der Waals surface area contributed by atoms with Gasteiger partial charge in [0.25, 0.3) is 5.91 Å². The number of hydrogen-bond acceptors (Lipinski definition) is 3. The largest absolute Gasteiger partial charge is 0.467 e. The molecule has 1 aliphatic carbocycles. The maximum Gasteiger partial charge on any atom is 0.328 e. The zero-order chi connectivity index (χ0) is 22.9. The number of carbonyl (C=O) groups excluding carboxylic acids is 2. The Morgan fingerprint density at radius 1 is 1.03 bits per heavy atom. The van der Waals surface area contributed by atoms with Crippen molar-refractivity contribution in [2.45, 2.75) is 65.5 Å². The van der Waals surface area contributed by atoms with E-state index in [-0.39, 0.29) is 5.91 Å². The van der Waals surface area contributed by atoms with Gasteiger partial charge in [0.05, 0.1) is 7.11 Å². The molecule has 32 heavy (non-hydrogen) atoms. The number of amides is 1. The average Bonchev–Trinajstić information content (AvgIpc) is 3.10. The number of esters is 1. The standard InChI is InChI=1S/C27H34N2O3/c1-27(2,3)24(26(31)32-4)28-25(30)19-14-15-23-21(16-19)20-12-8-9-13-22(20)29(23)17-18-10-6-5-7-11-18/h8-9,12-16,18,24H,5-7,10-11,17H2,1-4H3,(H,28,30). The summed E-state index contributed by atoms with van der Waals surface area (Å²) >= 11 is 0. The fourth-order valence-electron chi connectivity index (χ4n) is 4.98. The van der Waals surface area contributed by atoms with Crippen molar-refractivity contribution in [3.63, 3.8) is 0 Å². The molecule has 0 bridgehead atoms. The van der Waals surface area contributed by atoms with Crippen LogP contribution in [0.1, 0.15) is 63.2 Å². The molecule has 2 aromatic carbocycles. The molecule has 5 nitrogen and oxygen atoms in total. The Labute approximate surface area is 190 Å². The van der Waals surface area contributed by atoms with E-state index in [4.69, 9.17) is 4.74 Å². The van der Waals surface area contributed by atoms with Crippen LogP contribution in [0.4, 0.5) is 0 Å². The first-order chi connectivity index (χ1) is 15.3. The number of aromatic nitrogens is 1. The number of nitrogens with zero attached hydrogens (tertiary/aromatic N) is 1. The van der Waals surface area contributed by atoms with Crippen molar-refractivity contribution >= 4 is 33.7 Å². The number of para-hydroxylation sites is 1. The Balaban J connectivity index is 1.70. The summed E-state index contributed by atoms with van der Waals surface area (Å²) in [4.78, 5) is 25.4. The maximum absolute atomic E-state index is 13.1. The Hall–Kier alpha value is -2.82. The third kappa shape index (κ3) is 4.38. The van der Waals surface area contributed by atoms with Gasteiger partial charge in [-0.25, -0.2) is 4.79 Å². The van der Waals surface area contributed by atoms with Gasteiger partial charge in [-0.3, -0.25) is 4.79 Å². The van der Waals surface area contributed by atoms with Crippen LogP contribution in [-0.4, -0.2) is 29.6 Å². The molecule has 5 heteroatoms. The van der Waals surface area contributed by atoms with Gasteiger partial charge < -0.3 is 14.6 Å². The van der Waals surface area contributed by atoms with Crippen molar-refractivity contribution in [3.05, 3.63) is 48.0 Å². The number of methoxy groups -OCH3 is 1. The van der Waals surface area contributed by atoms with E-state index in [9.17, 15) is 9.59 Å². The van der Waals surface area contributed by atoms with Gasteiger partial charge in [0, 0.05) is 33.9 Å². The summed E-state index contributed by atoms with van der Waals surface area (Å²) in [6.45, 7) is 6.76.